The van der Waals surface area contributed by atoms with Crippen molar-refractivity contribution >= 4 is 5.97 Å². The summed E-state index contributed by atoms with van der Waals surface area (Å²) in [7, 11) is 0. The third-order valence-electron chi connectivity index (χ3n) is 16.9. The Hall–Kier alpha value is -2.82. The lowest BCUT2D eigenvalue weighted by Crippen LogP contribution is -2.70. The van der Waals surface area contributed by atoms with E-state index in [1.165, 1.54) is 18.0 Å². The number of aliphatic carboxylic acids is 1. The van der Waals surface area contributed by atoms with Gasteiger partial charge in [0.05, 0.1) is 37.9 Å². The van der Waals surface area contributed by atoms with Crippen LogP contribution in [0.5, 0.6) is 0 Å². The molecule has 4 fully saturated rings. The van der Waals surface area contributed by atoms with Gasteiger partial charge in [0, 0.05) is 28.7 Å². The predicted molar refractivity (Wildman–Crippen MR) is 204 cm³/mol. The van der Waals surface area contributed by atoms with Gasteiger partial charge in [-0.3, -0.25) is 4.79 Å². The van der Waals surface area contributed by atoms with Crippen molar-refractivity contribution in [1.82, 2.24) is 14.8 Å². The molecule has 2 aromatic rings. The second-order valence-electron chi connectivity index (χ2n) is 20.0. The van der Waals surface area contributed by atoms with E-state index in [0.29, 0.717) is 43.9 Å². The molecule has 53 heavy (non-hydrogen) atoms. The summed E-state index contributed by atoms with van der Waals surface area (Å²) in [6, 6.07) is 3.42. The van der Waals surface area contributed by atoms with Crippen LogP contribution in [-0.2, 0) is 14.3 Å². The van der Waals surface area contributed by atoms with Gasteiger partial charge in [0.15, 0.2) is 18.2 Å². The molecule has 5 aliphatic rings. The monoisotopic (exact) mass is 731 g/mol. The Morgan fingerprint density at radius 2 is 1.81 bits per heavy atom. The van der Waals surface area contributed by atoms with Crippen LogP contribution in [0.3, 0.4) is 0 Å². The smallest absolute Gasteiger partial charge is 0.307 e. The molecule has 0 aromatic carbocycles. The highest BCUT2D eigenvalue weighted by Crippen LogP contribution is 2.75. The SMILES string of the molecule is CC(C)[C@@H](C)[C@@]1(C)CC[C@]2(C)[C@H]3CC[C@@H]4[C@@]5(C)COC[C@@]4(C3=CC[C@@]2(C)[C@@H]1C(=O)O)[C@@H](OC[C@](C)(N)C(C)C)[C@H](n1ncnc1-c1cc[n+]([O-])cc1)C5. The fraction of sp³-hybridized carbons (Fsp3) is 0.767. The zero-order valence-electron chi connectivity index (χ0n) is 33.9. The molecule has 0 unspecified atom stereocenters. The second-order valence-corrected chi connectivity index (χ2v) is 20.0. The Labute approximate surface area is 316 Å². The maximum atomic E-state index is 13.6. The van der Waals surface area contributed by atoms with Crippen LogP contribution >= 0.6 is 0 Å². The van der Waals surface area contributed by atoms with Crippen LogP contribution in [0.4, 0.5) is 0 Å². The van der Waals surface area contributed by atoms with Gasteiger partial charge < -0.3 is 25.5 Å². The van der Waals surface area contributed by atoms with E-state index in [1.807, 2.05) is 0 Å². The minimum atomic E-state index is -0.650. The number of nitrogens with zero attached hydrogens (tertiary/aromatic N) is 4. The van der Waals surface area contributed by atoms with E-state index in [4.69, 9.17) is 25.3 Å². The van der Waals surface area contributed by atoms with Crippen LogP contribution in [0, 0.1) is 67.8 Å². The molecule has 3 heterocycles. The normalized spacial score (nSPS) is 41.2. The van der Waals surface area contributed by atoms with Crippen molar-refractivity contribution in [2.45, 2.75) is 125 Å². The number of carboxylic acid groups (broad SMARTS) is 1. The Morgan fingerprint density at radius 3 is 2.45 bits per heavy atom. The zero-order chi connectivity index (χ0) is 38.5. The first kappa shape index (κ1) is 38.5. The van der Waals surface area contributed by atoms with Crippen molar-refractivity contribution < 1.29 is 24.1 Å². The van der Waals surface area contributed by atoms with Gasteiger partial charge >= 0.3 is 5.97 Å². The van der Waals surface area contributed by atoms with Crippen molar-refractivity contribution in [3.05, 3.63) is 47.7 Å². The number of carbonyl (C=O) groups is 1. The van der Waals surface area contributed by atoms with E-state index < -0.39 is 28.3 Å². The van der Waals surface area contributed by atoms with Crippen LogP contribution < -0.4 is 10.5 Å². The summed E-state index contributed by atoms with van der Waals surface area (Å²) in [6.07, 6.45) is 12.3. The average Bonchev–Trinajstić information content (AvgIpc) is 3.57. The van der Waals surface area contributed by atoms with Gasteiger partial charge in [-0.05, 0) is 96.7 Å². The van der Waals surface area contributed by atoms with Gasteiger partial charge in [-0.1, -0.05) is 74.0 Å². The van der Waals surface area contributed by atoms with Crippen molar-refractivity contribution in [3.63, 3.8) is 0 Å². The Morgan fingerprint density at radius 1 is 1.11 bits per heavy atom. The van der Waals surface area contributed by atoms with Crippen molar-refractivity contribution in [2.24, 2.45) is 68.3 Å². The van der Waals surface area contributed by atoms with Gasteiger partial charge in [0.1, 0.15) is 6.33 Å². The summed E-state index contributed by atoms with van der Waals surface area (Å²) < 4.78 is 17.0. The van der Waals surface area contributed by atoms with Crippen molar-refractivity contribution in [1.29, 1.82) is 0 Å². The fourth-order valence-corrected chi connectivity index (χ4v) is 12.8. The van der Waals surface area contributed by atoms with Crippen LogP contribution in [0.2, 0.25) is 0 Å². The zero-order valence-corrected chi connectivity index (χ0v) is 33.9. The van der Waals surface area contributed by atoms with Crippen LogP contribution in [-0.4, -0.2) is 57.3 Å². The van der Waals surface area contributed by atoms with Crippen LogP contribution in [0.25, 0.3) is 11.4 Å². The molecule has 12 atom stereocenters. The molecular formula is C43H65N5O5. The lowest BCUT2D eigenvalue weighted by Gasteiger charge is -2.71. The molecule has 4 aliphatic carbocycles. The average molecular weight is 732 g/mol. The Balaban J connectivity index is 1.40. The maximum Gasteiger partial charge on any atom is 0.307 e. The van der Waals surface area contributed by atoms with Crippen molar-refractivity contribution in [2.75, 3.05) is 19.8 Å². The molecule has 2 aromatic heterocycles. The number of nitrogens with two attached hydrogens (primary N) is 1. The number of rotatable bonds is 9. The number of ether oxygens (including phenoxy) is 2. The van der Waals surface area contributed by atoms with E-state index in [1.54, 1.807) is 18.5 Å². The topological polar surface area (TPSA) is 139 Å². The number of hydrogen-bond acceptors (Lipinski definition) is 7. The minimum absolute atomic E-state index is 0.153. The van der Waals surface area contributed by atoms with Crippen molar-refractivity contribution in [3.8, 4) is 11.4 Å². The molecule has 0 spiro atoms. The minimum Gasteiger partial charge on any atom is -0.619 e. The molecule has 3 saturated carbocycles. The summed E-state index contributed by atoms with van der Waals surface area (Å²) in [5.41, 5.74) is 7.09. The van der Waals surface area contributed by atoms with Crippen LogP contribution in [0.1, 0.15) is 114 Å². The van der Waals surface area contributed by atoms with E-state index in [2.05, 4.69) is 80.0 Å². The summed E-state index contributed by atoms with van der Waals surface area (Å²) in [6.45, 7) is 24.1. The third kappa shape index (κ3) is 5.49. The van der Waals surface area contributed by atoms with E-state index in [0.717, 1.165) is 42.4 Å². The van der Waals surface area contributed by atoms with Gasteiger partial charge in [-0.25, -0.2) is 9.67 Å². The predicted octanol–water partition coefficient (Wildman–Crippen LogP) is 7.47. The van der Waals surface area contributed by atoms with Gasteiger partial charge in [0.25, 0.3) is 0 Å². The standard InChI is InChI=1S/C43H65N5O5/c1-26(2)28(5)39(7)17-18-40(8)30-11-12-33-38(6)21-32(48-36(45-25-46-48)29-14-19-47(51)20-15-29)35(53-23-42(10,44)27(3)4)43(33,24-52-22-38)31(30)13-16-41(40,9)34(39)37(49)50/h13-15,19-20,25-28,30,32-35H,11-12,16-18,21-24,44H2,1-10H3,(H,49,50)/t28-,30+,32-,33-,34-,35+,38-,39-,40-,41+,42+,43+/m1/s1. The molecule has 10 nitrogen and oxygen atoms in total. The van der Waals surface area contributed by atoms with E-state index >= 15 is 0 Å². The first-order valence-electron chi connectivity index (χ1n) is 20.3. The summed E-state index contributed by atoms with van der Waals surface area (Å²) in [5, 5.41) is 28.1. The highest BCUT2D eigenvalue weighted by atomic mass is 16.5. The molecule has 0 radical (unpaired) electrons. The number of pyridine rings is 1. The molecule has 0 amide bonds. The van der Waals surface area contributed by atoms with Gasteiger partial charge in [-0.2, -0.15) is 9.83 Å². The Bertz CT molecular complexity index is 1740. The first-order valence-corrected chi connectivity index (χ1v) is 20.3. The number of carboxylic acids is 1. The molecule has 292 valence electrons. The summed E-state index contributed by atoms with van der Waals surface area (Å²) in [4.78, 5) is 18.4. The molecule has 1 saturated heterocycles. The lowest BCUT2D eigenvalue weighted by atomic mass is 9.34. The molecule has 3 N–H and O–H groups in total. The molecule has 1 aliphatic heterocycles. The largest absolute Gasteiger partial charge is 0.619 e. The fourth-order valence-electron chi connectivity index (χ4n) is 12.8. The molecule has 7 rings (SSSR count). The quantitative estimate of drug-likeness (QED) is 0.154. The first-order chi connectivity index (χ1) is 24.8. The number of allylic oxidation sites excluding steroid dienone is 1. The Kier molecular flexibility index (Phi) is 9.34. The summed E-state index contributed by atoms with van der Waals surface area (Å²) >= 11 is 0. The number of fused-ring (bicyclic) bond motifs is 3. The second kappa shape index (κ2) is 12.9. The molecule has 2 bridgehead atoms. The van der Waals surface area contributed by atoms with Crippen LogP contribution in [0.15, 0.2) is 42.5 Å². The van der Waals surface area contributed by atoms with E-state index in [9.17, 15) is 15.1 Å². The highest BCUT2D eigenvalue weighted by molar-refractivity contribution is 5.73. The molecule has 10 heteroatoms. The highest BCUT2D eigenvalue weighted by Gasteiger charge is 2.72. The molecular weight excluding hydrogens is 667 g/mol. The maximum absolute atomic E-state index is 13.6. The number of aromatic nitrogens is 4. The van der Waals surface area contributed by atoms with Gasteiger partial charge in [-0.15, -0.1) is 0 Å². The summed E-state index contributed by atoms with van der Waals surface area (Å²) in [5.74, 6) is 0.978. The number of hydrogen-bond donors (Lipinski definition) is 2. The third-order valence-corrected chi connectivity index (χ3v) is 16.9. The van der Waals surface area contributed by atoms with Gasteiger partial charge in [0.2, 0.25) is 0 Å². The lowest BCUT2D eigenvalue weighted by molar-refractivity contribution is -0.605. The van der Waals surface area contributed by atoms with E-state index in [-0.39, 0.29) is 46.1 Å².